The van der Waals surface area contributed by atoms with Crippen LogP contribution in [0.15, 0.2) is 12.1 Å². The van der Waals surface area contributed by atoms with Crippen molar-refractivity contribution >= 4 is 11.6 Å². The van der Waals surface area contributed by atoms with Crippen LogP contribution in [0.4, 0.5) is 5.69 Å². The van der Waals surface area contributed by atoms with Gasteiger partial charge in [-0.1, -0.05) is 6.07 Å². The van der Waals surface area contributed by atoms with Crippen LogP contribution in [0.1, 0.15) is 41.3 Å². The highest BCUT2D eigenvalue weighted by atomic mass is 16.1. The van der Waals surface area contributed by atoms with Crippen LogP contribution in [0.25, 0.3) is 0 Å². The number of benzene rings is 1. The molecule has 0 unspecified atom stereocenters. The molecule has 0 radical (unpaired) electrons. The van der Waals surface area contributed by atoms with Crippen LogP contribution in [0.3, 0.4) is 0 Å². The molecule has 1 aliphatic carbocycles. The Bertz CT molecular complexity index is 447. The third-order valence-electron chi connectivity index (χ3n) is 3.27. The Kier molecular flexibility index (Phi) is 2.41. The summed E-state index contributed by atoms with van der Waals surface area (Å²) < 4.78 is 0. The number of aryl methyl sites for hydroxylation is 2. The van der Waals surface area contributed by atoms with E-state index in [1.54, 1.807) is 6.07 Å². The monoisotopic (exact) mass is 218 g/mol. The normalized spacial score (nSPS) is 16.9. The maximum Gasteiger partial charge on any atom is 0.252 e. The van der Waals surface area contributed by atoms with Crippen molar-refractivity contribution in [1.82, 2.24) is 5.32 Å². The summed E-state index contributed by atoms with van der Waals surface area (Å²) in [5.41, 5.74) is 9.21. The SMILES string of the molecule is Cc1cc(C)c(C(=O)NC2(C)CC2)cc1N. The standard InChI is InChI=1S/C13H18N2O/c1-8-6-9(2)11(14)7-10(8)12(16)15-13(3)4-5-13/h6-7H,4-5,14H2,1-3H3,(H,15,16). The first-order valence-electron chi connectivity index (χ1n) is 5.60. The van der Waals surface area contributed by atoms with Gasteiger partial charge < -0.3 is 11.1 Å². The van der Waals surface area contributed by atoms with E-state index in [1.165, 1.54) is 0 Å². The summed E-state index contributed by atoms with van der Waals surface area (Å²) in [5.74, 6) is -0.01000. The van der Waals surface area contributed by atoms with Gasteiger partial charge in [0.25, 0.3) is 5.91 Å². The minimum Gasteiger partial charge on any atom is -0.398 e. The molecule has 0 aromatic heterocycles. The van der Waals surface area contributed by atoms with Crippen molar-refractivity contribution in [2.75, 3.05) is 5.73 Å². The number of rotatable bonds is 2. The number of hydrogen-bond acceptors (Lipinski definition) is 2. The fourth-order valence-corrected chi connectivity index (χ4v) is 1.77. The van der Waals surface area contributed by atoms with Gasteiger partial charge in [0.15, 0.2) is 0 Å². The molecule has 2 rings (SSSR count). The van der Waals surface area contributed by atoms with Crippen LogP contribution in [0.2, 0.25) is 0 Å². The lowest BCUT2D eigenvalue weighted by atomic mass is 10.0. The summed E-state index contributed by atoms with van der Waals surface area (Å²) >= 11 is 0. The molecule has 3 N–H and O–H groups in total. The fraction of sp³-hybridized carbons (Fsp3) is 0.462. The van der Waals surface area contributed by atoms with Crippen LogP contribution in [-0.4, -0.2) is 11.4 Å². The van der Waals surface area contributed by atoms with Gasteiger partial charge in [0.2, 0.25) is 0 Å². The molecule has 0 saturated heterocycles. The maximum atomic E-state index is 12.0. The van der Waals surface area contributed by atoms with Crippen molar-refractivity contribution in [3.8, 4) is 0 Å². The first-order chi connectivity index (χ1) is 7.41. The first-order valence-corrected chi connectivity index (χ1v) is 5.60. The second-order valence-corrected chi connectivity index (χ2v) is 5.04. The molecule has 0 spiro atoms. The minimum absolute atomic E-state index is 0.01000. The molecular formula is C13H18N2O. The molecule has 0 bridgehead atoms. The third-order valence-corrected chi connectivity index (χ3v) is 3.27. The van der Waals surface area contributed by atoms with E-state index in [4.69, 9.17) is 5.73 Å². The van der Waals surface area contributed by atoms with Crippen molar-refractivity contribution in [2.24, 2.45) is 0 Å². The van der Waals surface area contributed by atoms with Gasteiger partial charge >= 0.3 is 0 Å². The molecule has 0 aliphatic heterocycles. The fourth-order valence-electron chi connectivity index (χ4n) is 1.77. The third kappa shape index (κ3) is 2.03. The van der Waals surface area contributed by atoms with E-state index >= 15 is 0 Å². The zero-order valence-electron chi connectivity index (χ0n) is 10.1. The van der Waals surface area contributed by atoms with Crippen molar-refractivity contribution < 1.29 is 4.79 Å². The van der Waals surface area contributed by atoms with Gasteiger partial charge in [-0.05, 0) is 50.8 Å². The first kappa shape index (κ1) is 11.0. The van der Waals surface area contributed by atoms with E-state index in [9.17, 15) is 4.79 Å². The molecule has 0 heterocycles. The number of carbonyl (C=O) groups is 1. The summed E-state index contributed by atoms with van der Waals surface area (Å²) in [6.45, 7) is 5.96. The van der Waals surface area contributed by atoms with Crippen molar-refractivity contribution in [1.29, 1.82) is 0 Å². The quantitative estimate of drug-likeness (QED) is 0.747. The van der Waals surface area contributed by atoms with Gasteiger partial charge in [0.05, 0.1) is 0 Å². The van der Waals surface area contributed by atoms with Crippen LogP contribution >= 0.6 is 0 Å². The van der Waals surface area contributed by atoms with Gasteiger partial charge in [-0.25, -0.2) is 0 Å². The van der Waals surface area contributed by atoms with E-state index in [0.29, 0.717) is 11.3 Å². The van der Waals surface area contributed by atoms with Crippen LogP contribution in [0, 0.1) is 13.8 Å². The van der Waals surface area contributed by atoms with Gasteiger partial charge in [0.1, 0.15) is 0 Å². The van der Waals surface area contributed by atoms with E-state index in [-0.39, 0.29) is 11.4 Å². The number of hydrogen-bond donors (Lipinski definition) is 2. The molecule has 86 valence electrons. The number of nitrogens with two attached hydrogens (primary N) is 1. The molecule has 1 fully saturated rings. The van der Waals surface area contributed by atoms with E-state index < -0.39 is 0 Å². The van der Waals surface area contributed by atoms with Gasteiger partial charge in [-0.2, -0.15) is 0 Å². The molecule has 3 nitrogen and oxygen atoms in total. The highest BCUT2D eigenvalue weighted by molar-refractivity contribution is 5.97. The van der Waals surface area contributed by atoms with Crippen molar-refractivity contribution in [3.05, 3.63) is 28.8 Å². The number of nitrogens with one attached hydrogen (secondary N) is 1. The lowest BCUT2D eigenvalue weighted by Gasteiger charge is -2.14. The van der Waals surface area contributed by atoms with Gasteiger partial charge in [-0.15, -0.1) is 0 Å². The van der Waals surface area contributed by atoms with Crippen LogP contribution < -0.4 is 11.1 Å². The Hall–Kier alpha value is -1.51. The highest BCUT2D eigenvalue weighted by Crippen LogP contribution is 2.34. The van der Waals surface area contributed by atoms with Gasteiger partial charge in [-0.3, -0.25) is 4.79 Å². The van der Waals surface area contributed by atoms with Crippen molar-refractivity contribution in [3.63, 3.8) is 0 Å². The van der Waals surface area contributed by atoms with E-state index in [0.717, 1.165) is 24.0 Å². The lowest BCUT2D eigenvalue weighted by molar-refractivity contribution is 0.0935. The molecule has 1 aromatic rings. The Morgan fingerprint density at radius 3 is 2.50 bits per heavy atom. The van der Waals surface area contributed by atoms with Crippen LogP contribution in [-0.2, 0) is 0 Å². The summed E-state index contributed by atoms with van der Waals surface area (Å²) in [6.07, 6.45) is 2.14. The number of amides is 1. The highest BCUT2D eigenvalue weighted by Gasteiger charge is 2.38. The number of nitrogen functional groups attached to an aromatic ring is 1. The average Bonchev–Trinajstić information content (AvgIpc) is 2.89. The number of carbonyl (C=O) groups excluding carboxylic acids is 1. The maximum absolute atomic E-state index is 12.0. The van der Waals surface area contributed by atoms with E-state index in [1.807, 2.05) is 19.9 Å². The molecular weight excluding hydrogens is 200 g/mol. The largest absolute Gasteiger partial charge is 0.398 e. The Balaban J connectivity index is 2.26. The topological polar surface area (TPSA) is 55.1 Å². The predicted molar refractivity (Wildman–Crippen MR) is 65.4 cm³/mol. The Morgan fingerprint density at radius 1 is 1.31 bits per heavy atom. The second-order valence-electron chi connectivity index (χ2n) is 5.04. The van der Waals surface area contributed by atoms with E-state index in [2.05, 4.69) is 12.2 Å². The molecule has 1 saturated carbocycles. The predicted octanol–water partition coefficient (Wildman–Crippen LogP) is 2.17. The summed E-state index contributed by atoms with van der Waals surface area (Å²) in [6, 6.07) is 3.73. The molecule has 0 atom stereocenters. The lowest BCUT2D eigenvalue weighted by Crippen LogP contribution is -2.34. The minimum atomic E-state index is -0.01000. The molecule has 1 amide bonds. The summed E-state index contributed by atoms with van der Waals surface area (Å²) in [4.78, 5) is 12.0. The zero-order valence-corrected chi connectivity index (χ0v) is 10.1. The van der Waals surface area contributed by atoms with Gasteiger partial charge in [0, 0.05) is 16.8 Å². The second kappa shape index (κ2) is 3.51. The molecule has 3 heteroatoms. The van der Waals surface area contributed by atoms with Crippen LogP contribution in [0.5, 0.6) is 0 Å². The molecule has 1 aromatic carbocycles. The molecule has 16 heavy (non-hydrogen) atoms. The molecule has 1 aliphatic rings. The summed E-state index contributed by atoms with van der Waals surface area (Å²) in [5, 5.41) is 3.04. The average molecular weight is 218 g/mol. The Labute approximate surface area is 96.0 Å². The summed E-state index contributed by atoms with van der Waals surface area (Å²) in [7, 11) is 0. The Morgan fingerprint density at radius 2 is 1.94 bits per heavy atom. The number of anilines is 1. The smallest absolute Gasteiger partial charge is 0.252 e. The zero-order chi connectivity index (χ0) is 11.9. The van der Waals surface area contributed by atoms with Crippen molar-refractivity contribution in [2.45, 2.75) is 39.2 Å².